The van der Waals surface area contributed by atoms with Crippen LogP contribution < -0.4 is 5.32 Å². The number of rotatable bonds is 3. The molecule has 1 N–H and O–H groups in total. The molecule has 1 aliphatic rings. The summed E-state index contributed by atoms with van der Waals surface area (Å²) in [7, 11) is 0. The molecule has 1 fully saturated rings. The molecule has 2 unspecified atom stereocenters. The summed E-state index contributed by atoms with van der Waals surface area (Å²) in [5.74, 6) is 1.63. The second kappa shape index (κ2) is 5.24. The molecule has 1 aromatic heterocycles. The summed E-state index contributed by atoms with van der Waals surface area (Å²) in [6.07, 6.45) is 6.64. The third kappa shape index (κ3) is 2.75. The van der Waals surface area contributed by atoms with E-state index in [4.69, 9.17) is 4.42 Å². The second-order valence-electron chi connectivity index (χ2n) is 5.70. The summed E-state index contributed by atoms with van der Waals surface area (Å²) >= 11 is 0. The first kappa shape index (κ1) is 12.5. The summed E-state index contributed by atoms with van der Waals surface area (Å²) in [4.78, 5) is 4.39. The van der Waals surface area contributed by atoms with Gasteiger partial charge in [-0.2, -0.15) is 0 Å². The number of nitrogens with one attached hydrogen (secondary N) is 1. The molecule has 1 aromatic carbocycles. The molecule has 3 rings (SSSR count). The summed E-state index contributed by atoms with van der Waals surface area (Å²) in [5, 5.41) is 3.66. The smallest absolute Gasteiger partial charge is 0.192 e. The Morgan fingerprint density at radius 1 is 1.37 bits per heavy atom. The largest absolute Gasteiger partial charge is 0.441 e. The third-order valence-corrected chi connectivity index (χ3v) is 4.23. The molecule has 1 heterocycles. The van der Waals surface area contributed by atoms with Gasteiger partial charge in [0.05, 0.1) is 0 Å². The quantitative estimate of drug-likeness (QED) is 0.879. The molecule has 0 saturated heterocycles. The van der Waals surface area contributed by atoms with E-state index >= 15 is 0 Å². The summed E-state index contributed by atoms with van der Waals surface area (Å²) in [5.41, 5.74) is 2.99. The van der Waals surface area contributed by atoms with Gasteiger partial charge >= 0.3 is 0 Å². The fourth-order valence-corrected chi connectivity index (χ4v) is 3.16. The number of fused-ring (bicyclic) bond motifs is 1. The van der Waals surface area contributed by atoms with Gasteiger partial charge < -0.3 is 9.73 Å². The van der Waals surface area contributed by atoms with Gasteiger partial charge in [-0.25, -0.2) is 4.98 Å². The summed E-state index contributed by atoms with van der Waals surface area (Å²) in [6, 6.07) is 6.82. The molecular weight excluding hydrogens is 236 g/mol. The number of hydrogen-bond acceptors (Lipinski definition) is 3. The van der Waals surface area contributed by atoms with Gasteiger partial charge in [0, 0.05) is 18.7 Å². The van der Waals surface area contributed by atoms with E-state index in [1.807, 2.05) is 13.0 Å². The van der Waals surface area contributed by atoms with Crippen molar-refractivity contribution < 1.29 is 4.42 Å². The molecular formula is C16H22N2O. The maximum Gasteiger partial charge on any atom is 0.192 e. The number of oxazole rings is 1. The Labute approximate surface area is 114 Å². The van der Waals surface area contributed by atoms with Crippen molar-refractivity contribution in [2.45, 2.75) is 52.0 Å². The molecule has 0 aliphatic heterocycles. The van der Waals surface area contributed by atoms with Gasteiger partial charge in [-0.3, -0.25) is 0 Å². The standard InChI is InChI=1S/C16H22N2O/c1-3-12-5-4-6-13(9-12)18-14-7-8-16-15(10-14)17-11(2)19-16/h7-8,10,12-13,18H,3-6,9H2,1-2H3. The van der Waals surface area contributed by atoms with E-state index in [9.17, 15) is 0 Å². The number of nitrogens with zero attached hydrogens (tertiary/aromatic N) is 1. The van der Waals surface area contributed by atoms with E-state index in [1.165, 1.54) is 37.8 Å². The van der Waals surface area contributed by atoms with Crippen LogP contribution in [0, 0.1) is 12.8 Å². The first-order valence-corrected chi connectivity index (χ1v) is 7.38. The zero-order valence-corrected chi connectivity index (χ0v) is 11.8. The number of aryl methyl sites for hydroxylation is 1. The first-order chi connectivity index (χ1) is 9.24. The Morgan fingerprint density at radius 3 is 3.11 bits per heavy atom. The van der Waals surface area contributed by atoms with E-state index in [2.05, 4.69) is 29.4 Å². The number of aromatic nitrogens is 1. The van der Waals surface area contributed by atoms with Gasteiger partial charge in [0.1, 0.15) is 5.52 Å². The topological polar surface area (TPSA) is 38.1 Å². The predicted molar refractivity (Wildman–Crippen MR) is 78.4 cm³/mol. The summed E-state index contributed by atoms with van der Waals surface area (Å²) < 4.78 is 5.51. The number of hydrogen-bond donors (Lipinski definition) is 1. The minimum atomic E-state index is 0.615. The lowest BCUT2D eigenvalue weighted by Crippen LogP contribution is -2.26. The monoisotopic (exact) mass is 258 g/mol. The maximum atomic E-state index is 5.51. The average molecular weight is 258 g/mol. The van der Waals surface area contributed by atoms with Crippen LogP contribution in [0.4, 0.5) is 5.69 Å². The van der Waals surface area contributed by atoms with Crippen LogP contribution in [0.15, 0.2) is 22.6 Å². The Balaban J connectivity index is 1.73. The zero-order chi connectivity index (χ0) is 13.2. The minimum Gasteiger partial charge on any atom is -0.441 e. The molecule has 0 spiro atoms. The van der Waals surface area contributed by atoms with Crippen LogP contribution in [0.5, 0.6) is 0 Å². The molecule has 1 saturated carbocycles. The van der Waals surface area contributed by atoms with Crippen LogP contribution in [0.2, 0.25) is 0 Å². The molecule has 19 heavy (non-hydrogen) atoms. The zero-order valence-electron chi connectivity index (χ0n) is 11.8. The SMILES string of the molecule is CCC1CCCC(Nc2ccc3oc(C)nc3c2)C1. The highest BCUT2D eigenvalue weighted by atomic mass is 16.3. The van der Waals surface area contributed by atoms with Gasteiger partial charge in [-0.1, -0.05) is 26.2 Å². The first-order valence-electron chi connectivity index (χ1n) is 7.38. The number of anilines is 1. The molecule has 102 valence electrons. The molecule has 3 nitrogen and oxygen atoms in total. The fraction of sp³-hybridized carbons (Fsp3) is 0.562. The van der Waals surface area contributed by atoms with Gasteiger partial charge in [-0.15, -0.1) is 0 Å². The molecule has 3 heteroatoms. The van der Waals surface area contributed by atoms with Gasteiger partial charge in [0.25, 0.3) is 0 Å². The average Bonchev–Trinajstić information content (AvgIpc) is 2.78. The number of benzene rings is 1. The van der Waals surface area contributed by atoms with Crippen LogP contribution in [0.1, 0.15) is 44.9 Å². The van der Waals surface area contributed by atoms with Crippen LogP contribution in [-0.4, -0.2) is 11.0 Å². The lowest BCUT2D eigenvalue weighted by atomic mass is 9.84. The Morgan fingerprint density at radius 2 is 2.26 bits per heavy atom. The molecule has 0 radical (unpaired) electrons. The Bertz CT molecular complexity index is 561. The maximum absolute atomic E-state index is 5.51. The van der Waals surface area contributed by atoms with E-state index in [0.29, 0.717) is 6.04 Å². The summed E-state index contributed by atoms with van der Waals surface area (Å²) in [6.45, 7) is 4.19. The van der Waals surface area contributed by atoms with Crippen molar-refractivity contribution in [2.24, 2.45) is 5.92 Å². The van der Waals surface area contributed by atoms with Crippen LogP contribution in [0.25, 0.3) is 11.1 Å². The highest BCUT2D eigenvalue weighted by Crippen LogP contribution is 2.29. The molecule has 2 atom stereocenters. The van der Waals surface area contributed by atoms with Crippen molar-refractivity contribution in [1.29, 1.82) is 0 Å². The fourth-order valence-electron chi connectivity index (χ4n) is 3.16. The van der Waals surface area contributed by atoms with Gasteiger partial charge in [0.15, 0.2) is 11.5 Å². The van der Waals surface area contributed by atoms with E-state index in [1.54, 1.807) is 0 Å². The lowest BCUT2D eigenvalue weighted by Gasteiger charge is -2.29. The van der Waals surface area contributed by atoms with Crippen LogP contribution >= 0.6 is 0 Å². The van der Waals surface area contributed by atoms with Gasteiger partial charge in [-0.05, 0) is 37.0 Å². The lowest BCUT2D eigenvalue weighted by molar-refractivity contribution is 0.327. The Kier molecular flexibility index (Phi) is 3.45. The molecule has 2 aromatic rings. The van der Waals surface area contributed by atoms with Crippen LogP contribution in [0.3, 0.4) is 0 Å². The molecule has 0 amide bonds. The molecule has 0 bridgehead atoms. The molecule has 1 aliphatic carbocycles. The minimum absolute atomic E-state index is 0.615. The highest BCUT2D eigenvalue weighted by molar-refractivity contribution is 5.77. The van der Waals surface area contributed by atoms with Crippen molar-refractivity contribution >= 4 is 16.8 Å². The second-order valence-corrected chi connectivity index (χ2v) is 5.70. The van der Waals surface area contributed by atoms with Crippen molar-refractivity contribution in [1.82, 2.24) is 4.98 Å². The third-order valence-electron chi connectivity index (χ3n) is 4.23. The van der Waals surface area contributed by atoms with E-state index < -0.39 is 0 Å². The van der Waals surface area contributed by atoms with Crippen molar-refractivity contribution in [3.8, 4) is 0 Å². The van der Waals surface area contributed by atoms with Gasteiger partial charge in [0.2, 0.25) is 0 Å². The van der Waals surface area contributed by atoms with Crippen molar-refractivity contribution in [3.63, 3.8) is 0 Å². The van der Waals surface area contributed by atoms with Crippen molar-refractivity contribution in [3.05, 3.63) is 24.1 Å². The predicted octanol–water partition coefficient (Wildman–Crippen LogP) is 4.52. The van der Waals surface area contributed by atoms with Crippen molar-refractivity contribution in [2.75, 3.05) is 5.32 Å². The Hall–Kier alpha value is -1.51. The van der Waals surface area contributed by atoms with E-state index in [0.717, 1.165) is 22.9 Å². The van der Waals surface area contributed by atoms with Crippen LogP contribution in [-0.2, 0) is 0 Å². The van der Waals surface area contributed by atoms with E-state index in [-0.39, 0.29) is 0 Å². The normalized spacial score (nSPS) is 23.7. The highest BCUT2D eigenvalue weighted by Gasteiger charge is 2.20.